The lowest BCUT2D eigenvalue weighted by molar-refractivity contribution is 0.102. The molecule has 1 aromatic heterocycles. The Morgan fingerprint density at radius 2 is 1.96 bits per heavy atom. The minimum Gasteiger partial charge on any atom is -0.497 e. The summed E-state index contributed by atoms with van der Waals surface area (Å²) in [5, 5.41) is 0. The summed E-state index contributed by atoms with van der Waals surface area (Å²) < 4.78 is 11.3. The first kappa shape index (κ1) is 18.0. The minimum absolute atomic E-state index is 0.0750. The zero-order chi connectivity index (χ0) is 19.3. The SMILES string of the molecule is COc1ccc2c(c1)CC/C(=C/c1ccccc1OCc1cccnc1)C2=O. The van der Waals surface area contributed by atoms with Gasteiger partial charge in [-0.1, -0.05) is 24.3 Å². The fraction of sp³-hybridized carbons (Fsp3) is 0.167. The maximum absolute atomic E-state index is 13.0. The number of carbonyl (C=O) groups is 1. The van der Waals surface area contributed by atoms with Gasteiger partial charge in [0.05, 0.1) is 7.11 Å². The number of rotatable bonds is 5. The molecule has 0 aliphatic heterocycles. The van der Waals surface area contributed by atoms with Crippen molar-refractivity contribution in [1.82, 2.24) is 4.98 Å². The Bertz CT molecular complexity index is 1030. The van der Waals surface area contributed by atoms with E-state index in [2.05, 4.69) is 4.98 Å². The predicted octanol–water partition coefficient (Wildman–Crippen LogP) is 4.88. The number of nitrogens with zero attached hydrogens (tertiary/aromatic N) is 1. The van der Waals surface area contributed by atoms with Gasteiger partial charge < -0.3 is 9.47 Å². The number of methoxy groups -OCH3 is 1. The van der Waals surface area contributed by atoms with E-state index < -0.39 is 0 Å². The summed E-state index contributed by atoms with van der Waals surface area (Å²) in [7, 11) is 1.64. The Morgan fingerprint density at radius 3 is 2.79 bits per heavy atom. The molecule has 0 bridgehead atoms. The van der Waals surface area contributed by atoms with Gasteiger partial charge in [0.2, 0.25) is 0 Å². The highest BCUT2D eigenvalue weighted by molar-refractivity contribution is 6.13. The summed E-state index contributed by atoms with van der Waals surface area (Å²) in [4.78, 5) is 17.1. The predicted molar refractivity (Wildman–Crippen MR) is 109 cm³/mol. The van der Waals surface area contributed by atoms with Crippen LogP contribution < -0.4 is 9.47 Å². The van der Waals surface area contributed by atoms with E-state index in [-0.39, 0.29) is 5.78 Å². The number of ketones is 1. The molecule has 0 saturated heterocycles. The number of aryl methyl sites for hydroxylation is 1. The Labute approximate surface area is 164 Å². The van der Waals surface area contributed by atoms with Crippen molar-refractivity contribution in [2.75, 3.05) is 7.11 Å². The van der Waals surface area contributed by atoms with Crippen LogP contribution in [0.1, 0.15) is 33.5 Å². The quantitative estimate of drug-likeness (QED) is 0.600. The molecule has 1 aliphatic carbocycles. The maximum Gasteiger partial charge on any atom is 0.189 e. The first-order chi connectivity index (χ1) is 13.7. The molecular formula is C24H21NO3. The number of carbonyl (C=O) groups excluding carboxylic acids is 1. The van der Waals surface area contributed by atoms with Gasteiger partial charge in [0.1, 0.15) is 18.1 Å². The van der Waals surface area contributed by atoms with Crippen molar-refractivity contribution in [1.29, 1.82) is 0 Å². The largest absolute Gasteiger partial charge is 0.497 e. The third kappa shape index (κ3) is 3.81. The Kier molecular flexibility index (Phi) is 5.20. The van der Waals surface area contributed by atoms with E-state index in [9.17, 15) is 4.79 Å². The summed E-state index contributed by atoms with van der Waals surface area (Å²) in [6.07, 6.45) is 7.01. The molecule has 140 valence electrons. The molecule has 0 saturated carbocycles. The summed E-state index contributed by atoms with van der Waals surface area (Å²) in [5.74, 6) is 1.62. The monoisotopic (exact) mass is 371 g/mol. The van der Waals surface area contributed by atoms with Crippen LogP contribution in [-0.2, 0) is 13.0 Å². The van der Waals surface area contributed by atoms with Crippen molar-refractivity contribution in [2.45, 2.75) is 19.4 Å². The topological polar surface area (TPSA) is 48.4 Å². The van der Waals surface area contributed by atoms with E-state index in [4.69, 9.17) is 9.47 Å². The number of allylic oxidation sites excluding steroid dienone is 1. The van der Waals surface area contributed by atoms with Crippen LogP contribution in [0.2, 0.25) is 0 Å². The molecule has 28 heavy (non-hydrogen) atoms. The summed E-state index contributed by atoms with van der Waals surface area (Å²) in [6.45, 7) is 0.435. The Balaban J connectivity index is 1.58. The van der Waals surface area contributed by atoms with Crippen LogP contribution in [0.4, 0.5) is 0 Å². The summed E-state index contributed by atoms with van der Waals surface area (Å²) >= 11 is 0. The molecule has 0 amide bonds. The van der Waals surface area contributed by atoms with Gasteiger partial charge in [-0.2, -0.15) is 0 Å². The number of hydrogen-bond donors (Lipinski definition) is 0. The van der Waals surface area contributed by atoms with Gasteiger partial charge in [0, 0.05) is 34.7 Å². The fourth-order valence-corrected chi connectivity index (χ4v) is 3.38. The molecule has 0 unspecified atom stereocenters. The first-order valence-electron chi connectivity index (χ1n) is 9.27. The van der Waals surface area contributed by atoms with Gasteiger partial charge in [-0.3, -0.25) is 9.78 Å². The first-order valence-corrected chi connectivity index (χ1v) is 9.27. The zero-order valence-corrected chi connectivity index (χ0v) is 15.7. The van der Waals surface area contributed by atoms with E-state index in [1.54, 1.807) is 19.5 Å². The van der Waals surface area contributed by atoms with Crippen molar-refractivity contribution in [3.05, 3.63) is 94.8 Å². The standard InChI is InChI=1S/C24H21NO3/c1-27-21-10-11-22-18(14-21)8-9-20(24(22)26)13-19-6-2-3-7-23(19)28-16-17-5-4-12-25-15-17/h2-7,10-15H,8-9,16H2,1H3/b20-13-. The van der Waals surface area contributed by atoms with Gasteiger partial charge in [-0.15, -0.1) is 0 Å². The van der Waals surface area contributed by atoms with Crippen molar-refractivity contribution in [3.63, 3.8) is 0 Å². The minimum atomic E-state index is 0.0750. The van der Waals surface area contributed by atoms with Gasteiger partial charge in [-0.25, -0.2) is 0 Å². The second kappa shape index (κ2) is 8.09. The molecule has 4 nitrogen and oxygen atoms in total. The van der Waals surface area contributed by atoms with Crippen LogP contribution >= 0.6 is 0 Å². The lowest BCUT2D eigenvalue weighted by Gasteiger charge is -2.19. The lowest BCUT2D eigenvalue weighted by Crippen LogP contribution is -2.14. The van der Waals surface area contributed by atoms with Crippen LogP contribution in [0.3, 0.4) is 0 Å². The number of pyridine rings is 1. The number of hydrogen-bond acceptors (Lipinski definition) is 4. The molecule has 1 heterocycles. The molecule has 0 atom stereocenters. The van der Waals surface area contributed by atoms with Crippen molar-refractivity contribution in [3.8, 4) is 11.5 Å². The molecule has 0 N–H and O–H groups in total. The summed E-state index contributed by atoms with van der Waals surface area (Å²) in [6, 6.07) is 17.3. The zero-order valence-electron chi connectivity index (χ0n) is 15.7. The van der Waals surface area contributed by atoms with E-state index in [0.717, 1.165) is 45.7 Å². The van der Waals surface area contributed by atoms with Crippen LogP contribution in [0.5, 0.6) is 11.5 Å². The molecular weight excluding hydrogens is 350 g/mol. The van der Waals surface area contributed by atoms with Crippen molar-refractivity contribution in [2.24, 2.45) is 0 Å². The number of aromatic nitrogens is 1. The van der Waals surface area contributed by atoms with Gasteiger partial charge in [0.25, 0.3) is 0 Å². The highest BCUT2D eigenvalue weighted by atomic mass is 16.5. The van der Waals surface area contributed by atoms with Crippen molar-refractivity contribution >= 4 is 11.9 Å². The van der Waals surface area contributed by atoms with Gasteiger partial charge in [-0.05, 0) is 54.8 Å². The highest BCUT2D eigenvalue weighted by Crippen LogP contribution is 2.31. The molecule has 4 heteroatoms. The number of ether oxygens (including phenoxy) is 2. The normalized spacial score (nSPS) is 14.6. The Morgan fingerprint density at radius 1 is 1.07 bits per heavy atom. The van der Waals surface area contributed by atoms with Crippen LogP contribution in [0, 0.1) is 0 Å². The van der Waals surface area contributed by atoms with Crippen LogP contribution in [-0.4, -0.2) is 17.9 Å². The third-order valence-corrected chi connectivity index (χ3v) is 4.88. The molecule has 0 radical (unpaired) electrons. The average Bonchev–Trinajstić information content (AvgIpc) is 2.75. The molecule has 0 fully saturated rings. The number of para-hydroxylation sites is 1. The van der Waals surface area contributed by atoms with E-state index in [1.807, 2.05) is 60.7 Å². The number of fused-ring (bicyclic) bond motifs is 1. The lowest BCUT2D eigenvalue weighted by atomic mass is 9.86. The summed E-state index contributed by atoms with van der Waals surface area (Å²) in [5.41, 5.74) is 4.51. The van der Waals surface area contributed by atoms with E-state index in [1.165, 1.54) is 0 Å². The molecule has 3 aromatic rings. The molecule has 4 rings (SSSR count). The second-order valence-corrected chi connectivity index (χ2v) is 6.71. The smallest absolute Gasteiger partial charge is 0.189 e. The van der Waals surface area contributed by atoms with Crippen LogP contribution in [0.15, 0.2) is 72.6 Å². The average molecular weight is 371 g/mol. The third-order valence-electron chi connectivity index (χ3n) is 4.88. The maximum atomic E-state index is 13.0. The fourth-order valence-electron chi connectivity index (χ4n) is 3.38. The molecule has 2 aromatic carbocycles. The van der Waals surface area contributed by atoms with E-state index in [0.29, 0.717) is 13.0 Å². The molecule has 1 aliphatic rings. The van der Waals surface area contributed by atoms with Crippen molar-refractivity contribution < 1.29 is 14.3 Å². The van der Waals surface area contributed by atoms with Gasteiger partial charge >= 0.3 is 0 Å². The number of Topliss-reactive ketones (excluding diaryl/α,β-unsaturated/α-hetero) is 1. The van der Waals surface area contributed by atoms with E-state index >= 15 is 0 Å². The highest BCUT2D eigenvalue weighted by Gasteiger charge is 2.22. The van der Waals surface area contributed by atoms with Crippen LogP contribution in [0.25, 0.3) is 6.08 Å². The number of benzene rings is 2. The second-order valence-electron chi connectivity index (χ2n) is 6.71. The Hall–Kier alpha value is -3.40. The molecule has 0 spiro atoms. The van der Waals surface area contributed by atoms with Gasteiger partial charge in [0.15, 0.2) is 5.78 Å².